The average Bonchev–Trinajstić information content (AvgIpc) is 3.06. The molecule has 1 heterocycles. The molecule has 0 atom stereocenters. The van der Waals surface area contributed by atoms with Gasteiger partial charge in [0, 0.05) is 28.8 Å². The molecular formula is C13H20BrN3O3S. The Morgan fingerprint density at radius 2 is 2.10 bits per heavy atom. The van der Waals surface area contributed by atoms with Gasteiger partial charge in [0.1, 0.15) is 5.69 Å². The minimum Gasteiger partial charge on any atom is -0.349 e. The molecule has 1 amide bonds. The van der Waals surface area contributed by atoms with Crippen molar-refractivity contribution in [2.75, 3.05) is 12.8 Å². The van der Waals surface area contributed by atoms with Crippen LogP contribution in [0.3, 0.4) is 0 Å². The molecule has 118 valence electrons. The van der Waals surface area contributed by atoms with E-state index in [1.54, 1.807) is 19.9 Å². The van der Waals surface area contributed by atoms with Crippen LogP contribution in [0.5, 0.6) is 0 Å². The van der Waals surface area contributed by atoms with Crippen molar-refractivity contribution in [3.8, 4) is 0 Å². The van der Waals surface area contributed by atoms with Gasteiger partial charge in [0.05, 0.1) is 6.26 Å². The van der Waals surface area contributed by atoms with Gasteiger partial charge < -0.3 is 9.88 Å². The lowest BCUT2D eigenvalue weighted by molar-refractivity contribution is 0.0935. The lowest BCUT2D eigenvalue weighted by Crippen LogP contribution is -2.51. The quantitative estimate of drug-likeness (QED) is 0.790. The second kappa shape index (κ2) is 5.73. The Labute approximate surface area is 133 Å². The zero-order chi connectivity index (χ0) is 15.8. The lowest BCUT2D eigenvalue weighted by atomic mass is 10.1. The fourth-order valence-corrected chi connectivity index (χ4v) is 3.73. The molecule has 2 N–H and O–H groups in total. The summed E-state index contributed by atoms with van der Waals surface area (Å²) in [4.78, 5) is 12.3. The molecule has 8 heteroatoms. The molecule has 0 unspecified atom stereocenters. The first kappa shape index (κ1) is 16.5. The molecule has 0 radical (unpaired) electrons. The highest BCUT2D eigenvalue weighted by Crippen LogP contribution is 2.37. The highest BCUT2D eigenvalue weighted by Gasteiger charge is 2.29. The predicted octanol–water partition coefficient (Wildman–Crippen LogP) is 1.64. The number of carbonyl (C=O) groups is 1. The van der Waals surface area contributed by atoms with Gasteiger partial charge in [-0.2, -0.15) is 0 Å². The lowest BCUT2D eigenvalue weighted by Gasteiger charge is -2.25. The van der Waals surface area contributed by atoms with Gasteiger partial charge in [0.15, 0.2) is 0 Å². The Morgan fingerprint density at radius 3 is 2.62 bits per heavy atom. The van der Waals surface area contributed by atoms with Crippen molar-refractivity contribution in [2.24, 2.45) is 0 Å². The Balaban J connectivity index is 2.02. The standard InChI is InChI=1S/C13H20BrN3O3S/c1-13(2,16-21(3,19)20)8-15-12(18)11-6-9(14)7-17(11)10-4-5-10/h6-7,10,16H,4-5,8H2,1-3H3,(H,15,18). The second-order valence-corrected chi connectivity index (χ2v) is 8.79. The van der Waals surface area contributed by atoms with Crippen LogP contribution in [0.1, 0.15) is 43.2 Å². The summed E-state index contributed by atoms with van der Waals surface area (Å²) < 4.78 is 27.9. The molecular weight excluding hydrogens is 358 g/mol. The van der Waals surface area contributed by atoms with Crippen LogP contribution in [0, 0.1) is 0 Å². The first-order valence-corrected chi connectivity index (χ1v) is 9.40. The molecule has 1 fully saturated rings. The minimum atomic E-state index is -3.32. The van der Waals surface area contributed by atoms with E-state index in [4.69, 9.17) is 0 Å². The summed E-state index contributed by atoms with van der Waals surface area (Å²) in [6, 6.07) is 2.18. The number of halogens is 1. The number of hydrogen-bond acceptors (Lipinski definition) is 3. The van der Waals surface area contributed by atoms with Crippen LogP contribution in [0.4, 0.5) is 0 Å². The van der Waals surface area contributed by atoms with E-state index >= 15 is 0 Å². The molecule has 1 saturated carbocycles. The van der Waals surface area contributed by atoms with E-state index in [-0.39, 0.29) is 12.5 Å². The normalized spacial score (nSPS) is 16.0. The molecule has 21 heavy (non-hydrogen) atoms. The van der Waals surface area contributed by atoms with Crippen molar-refractivity contribution in [1.82, 2.24) is 14.6 Å². The number of hydrogen-bond donors (Lipinski definition) is 2. The highest BCUT2D eigenvalue weighted by atomic mass is 79.9. The SMILES string of the molecule is CC(C)(CNC(=O)c1cc(Br)cn1C1CC1)NS(C)(=O)=O. The van der Waals surface area contributed by atoms with Gasteiger partial charge in [-0.05, 0) is 48.7 Å². The van der Waals surface area contributed by atoms with Crippen LogP contribution in [0.25, 0.3) is 0 Å². The fraction of sp³-hybridized carbons (Fsp3) is 0.615. The Morgan fingerprint density at radius 1 is 1.48 bits per heavy atom. The van der Waals surface area contributed by atoms with E-state index in [0.717, 1.165) is 23.6 Å². The molecule has 0 spiro atoms. The summed E-state index contributed by atoms with van der Waals surface area (Å²) in [7, 11) is -3.32. The Hall–Kier alpha value is -0.860. The van der Waals surface area contributed by atoms with Gasteiger partial charge in [0.25, 0.3) is 5.91 Å². The largest absolute Gasteiger partial charge is 0.349 e. The molecule has 0 aromatic carbocycles. The van der Waals surface area contributed by atoms with Crippen LogP contribution < -0.4 is 10.0 Å². The first-order chi connectivity index (χ1) is 9.57. The second-order valence-electron chi connectivity index (χ2n) is 6.12. The monoisotopic (exact) mass is 377 g/mol. The number of sulfonamides is 1. The van der Waals surface area contributed by atoms with Crippen molar-refractivity contribution in [3.05, 3.63) is 22.4 Å². The van der Waals surface area contributed by atoms with Crippen LogP contribution in [0.2, 0.25) is 0 Å². The van der Waals surface area contributed by atoms with Gasteiger partial charge in [-0.25, -0.2) is 13.1 Å². The molecule has 1 aromatic heterocycles. The topological polar surface area (TPSA) is 80.2 Å². The van der Waals surface area contributed by atoms with Gasteiger partial charge in [-0.3, -0.25) is 4.79 Å². The van der Waals surface area contributed by atoms with Gasteiger partial charge >= 0.3 is 0 Å². The minimum absolute atomic E-state index is 0.198. The number of aromatic nitrogens is 1. The average molecular weight is 378 g/mol. The van der Waals surface area contributed by atoms with E-state index < -0.39 is 15.6 Å². The number of nitrogens with one attached hydrogen (secondary N) is 2. The van der Waals surface area contributed by atoms with Crippen molar-refractivity contribution in [1.29, 1.82) is 0 Å². The van der Waals surface area contributed by atoms with Crippen LogP contribution in [-0.2, 0) is 10.0 Å². The predicted molar refractivity (Wildman–Crippen MR) is 84.8 cm³/mol. The highest BCUT2D eigenvalue weighted by molar-refractivity contribution is 9.10. The third-order valence-corrected chi connectivity index (χ3v) is 4.50. The summed E-state index contributed by atoms with van der Waals surface area (Å²) >= 11 is 3.39. The number of carbonyl (C=O) groups excluding carboxylic acids is 1. The molecule has 1 aliphatic carbocycles. The summed E-state index contributed by atoms with van der Waals surface area (Å²) in [5, 5.41) is 2.79. The summed E-state index contributed by atoms with van der Waals surface area (Å²) in [5.74, 6) is -0.198. The van der Waals surface area contributed by atoms with Crippen molar-refractivity contribution in [3.63, 3.8) is 0 Å². The number of amides is 1. The number of rotatable bonds is 6. The maximum atomic E-state index is 12.3. The van der Waals surface area contributed by atoms with Crippen molar-refractivity contribution < 1.29 is 13.2 Å². The van der Waals surface area contributed by atoms with Crippen LogP contribution in [-0.4, -0.2) is 37.2 Å². The van der Waals surface area contributed by atoms with Gasteiger partial charge in [-0.1, -0.05) is 0 Å². The zero-order valence-electron chi connectivity index (χ0n) is 12.3. The van der Waals surface area contributed by atoms with E-state index in [9.17, 15) is 13.2 Å². The summed E-state index contributed by atoms with van der Waals surface area (Å²) in [6.45, 7) is 3.67. The molecule has 1 aromatic rings. The van der Waals surface area contributed by atoms with Crippen molar-refractivity contribution in [2.45, 2.75) is 38.3 Å². The smallest absolute Gasteiger partial charge is 0.268 e. The zero-order valence-corrected chi connectivity index (χ0v) is 14.7. The van der Waals surface area contributed by atoms with E-state index in [1.165, 1.54) is 0 Å². The van der Waals surface area contributed by atoms with E-state index in [0.29, 0.717) is 11.7 Å². The fourth-order valence-electron chi connectivity index (χ4n) is 2.21. The maximum Gasteiger partial charge on any atom is 0.268 e. The summed E-state index contributed by atoms with van der Waals surface area (Å²) in [5.41, 5.74) is -0.142. The Kier molecular flexibility index (Phi) is 4.51. The number of nitrogens with zero attached hydrogens (tertiary/aromatic N) is 1. The third kappa shape index (κ3) is 4.82. The van der Waals surface area contributed by atoms with Crippen LogP contribution >= 0.6 is 15.9 Å². The van der Waals surface area contributed by atoms with E-state index in [2.05, 4.69) is 26.0 Å². The van der Waals surface area contributed by atoms with Gasteiger partial charge in [0.2, 0.25) is 10.0 Å². The third-order valence-electron chi connectivity index (χ3n) is 3.14. The van der Waals surface area contributed by atoms with Gasteiger partial charge in [-0.15, -0.1) is 0 Å². The molecule has 0 aliphatic heterocycles. The molecule has 6 nitrogen and oxygen atoms in total. The molecule has 0 bridgehead atoms. The first-order valence-electron chi connectivity index (χ1n) is 6.72. The van der Waals surface area contributed by atoms with Crippen molar-refractivity contribution >= 4 is 31.9 Å². The summed E-state index contributed by atoms with van der Waals surface area (Å²) in [6.07, 6.45) is 5.18. The molecule has 0 saturated heterocycles. The molecule has 2 rings (SSSR count). The maximum absolute atomic E-state index is 12.3. The van der Waals surface area contributed by atoms with E-state index in [1.807, 2.05) is 10.8 Å². The Bertz CT molecular complexity index is 648. The van der Waals surface area contributed by atoms with Crippen LogP contribution in [0.15, 0.2) is 16.7 Å². The molecule has 1 aliphatic rings.